The van der Waals surface area contributed by atoms with E-state index in [4.69, 9.17) is 0 Å². The van der Waals surface area contributed by atoms with Crippen molar-refractivity contribution in [2.75, 3.05) is 18.4 Å². The average Bonchev–Trinajstić information content (AvgIpc) is 3.02. The maximum absolute atomic E-state index is 12.1. The molecule has 8 heteroatoms. The highest BCUT2D eigenvalue weighted by Crippen LogP contribution is 2.26. The highest BCUT2D eigenvalue weighted by atomic mass is 16.6. The van der Waals surface area contributed by atoms with Gasteiger partial charge in [-0.1, -0.05) is 6.07 Å². The molecular weight excluding hydrogens is 324 g/mol. The number of carbonyl (C=O) groups is 1. The van der Waals surface area contributed by atoms with Crippen molar-refractivity contribution in [3.8, 4) is 0 Å². The monoisotopic (exact) mass is 348 g/mol. The lowest BCUT2D eigenvalue weighted by atomic mass is 10.0. The zero-order valence-corrected chi connectivity index (χ0v) is 14.1. The average molecular weight is 348 g/mol. The number of nitrogens with zero attached hydrogens (tertiary/aromatic N) is 2. The minimum Gasteiger partial charge on any atom is -0.391 e. The number of aliphatic hydroxyl groups is 1. The summed E-state index contributed by atoms with van der Waals surface area (Å²) in [5.74, 6) is 0. The van der Waals surface area contributed by atoms with Crippen molar-refractivity contribution in [1.82, 2.24) is 10.2 Å². The van der Waals surface area contributed by atoms with E-state index in [1.807, 2.05) is 0 Å². The van der Waals surface area contributed by atoms with Crippen molar-refractivity contribution in [3.63, 3.8) is 0 Å². The highest BCUT2D eigenvalue weighted by molar-refractivity contribution is 5.89. The van der Waals surface area contributed by atoms with Crippen LogP contribution >= 0.6 is 0 Å². The Hall–Kier alpha value is -2.19. The third-order valence-electron chi connectivity index (χ3n) is 5.09. The van der Waals surface area contributed by atoms with Crippen molar-refractivity contribution >= 4 is 17.4 Å². The van der Waals surface area contributed by atoms with Crippen molar-refractivity contribution in [2.24, 2.45) is 0 Å². The highest BCUT2D eigenvalue weighted by Gasteiger charge is 2.33. The molecule has 1 heterocycles. The maximum atomic E-state index is 12.1. The number of nitrogens with one attached hydrogen (secondary N) is 2. The van der Waals surface area contributed by atoms with E-state index < -0.39 is 4.92 Å². The summed E-state index contributed by atoms with van der Waals surface area (Å²) in [5, 5.41) is 26.4. The Morgan fingerprint density at radius 3 is 2.64 bits per heavy atom. The van der Waals surface area contributed by atoms with Crippen LogP contribution in [0, 0.1) is 10.1 Å². The van der Waals surface area contributed by atoms with Gasteiger partial charge in [0, 0.05) is 43.0 Å². The van der Waals surface area contributed by atoms with Crippen LogP contribution in [0.3, 0.4) is 0 Å². The summed E-state index contributed by atoms with van der Waals surface area (Å²) >= 11 is 0. The van der Waals surface area contributed by atoms with Gasteiger partial charge in [0.2, 0.25) is 0 Å². The molecular formula is C17H24N4O4. The number of nitro groups is 1. The van der Waals surface area contributed by atoms with Crippen molar-refractivity contribution in [3.05, 3.63) is 34.4 Å². The Balaban J connectivity index is 1.46. The van der Waals surface area contributed by atoms with Gasteiger partial charge in [0.25, 0.3) is 5.69 Å². The molecule has 1 saturated heterocycles. The number of anilines is 1. The lowest BCUT2D eigenvalue weighted by Crippen LogP contribution is -2.50. The van der Waals surface area contributed by atoms with Gasteiger partial charge in [-0.15, -0.1) is 0 Å². The number of hydrogen-bond donors (Lipinski definition) is 3. The first kappa shape index (κ1) is 17.6. The van der Waals surface area contributed by atoms with Gasteiger partial charge in [-0.25, -0.2) is 4.79 Å². The quantitative estimate of drug-likeness (QED) is 0.570. The van der Waals surface area contributed by atoms with E-state index in [0.29, 0.717) is 5.69 Å². The number of nitro benzene ring substituents is 1. The van der Waals surface area contributed by atoms with Crippen LogP contribution in [0.2, 0.25) is 0 Å². The van der Waals surface area contributed by atoms with Crippen LogP contribution in [-0.2, 0) is 0 Å². The predicted octanol–water partition coefficient (Wildman–Crippen LogP) is 2.09. The number of amides is 2. The first-order valence-electron chi connectivity index (χ1n) is 8.77. The first-order chi connectivity index (χ1) is 12.0. The second-order valence-electron chi connectivity index (χ2n) is 6.78. The van der Waals surface area contributed by atoms with E-state index in [9.17, 15) is 20.0 Å². The van der Waals surface area contributed by atoms with Gasteiger partial charge in [-0.05, 0) is 38.2 Å². The number of urea groups is 1. The topological polar surface area (TPSA) is 108 Å². The van der Waals surface area contributed by atoms with E-state index in [1.54, 1.807) is 12.1 Å². The number of hydrogen-bond acceptors (Lipinski definition) is 5. The Kier molecular flexibility index (Phi) is 5.50. The summed E-state index contributed by atoms with van der Waals surface area (Å²) in [7, 11) is 0. The zero-order chi connectivity index (χ0) is 17.8. The van der Waals surface area contributed by atoms with Crippen molar-refractivity contribution < 1.29 is 14.8 Å². The molecule has 1 aliphatic heterocycles. The fourth-order valence-electron chi connectivity index (χ4n) is 3.77. The zero-order valence-electron chi connectivity index (χ0n) is 14.1. The molecule has 3 N–H and O–H groups in total. The van der Waals surface area contributed by atoms with E-state index in [1.165, 1.54) is 12.1 Å². The molecule has 1 saturated carbocycles. The van der Waals surface area contributed by atoms with Gasteiger partial charge in [-0.2, -0.15) is 0 Å². The third kappa shape index (κ3) is 4.46. The van der Waals surface area contributed by atoms with Crippen LogP contribution < -0.4 is 10.6 Å². The Morgan fingerprint density at radius 1 is 1.24 bits per heavy atom. The number of likely N-dealkylation sites (tertiary alicyclic amines) is 1. The number of aliphatic hydroxyl groups excluding tert-OH is 1. The first-order valence-corrected chi connectivity index (χ1v) is 8.77. The van der Waals surface area contributed by atoms with Gasteiger partial charge in [0.15, 0.2) is 0 Å². The number of benzene rings is 1. The Bertz CT molecular complexity index is 631. The van der Waals surface area contributed by atoms with Gasteiger partial charge < -0.3 is 15.7 Å². The van der Waals surface area contributed by atoms with E-state index >= 15 is 0 Å². The number of non-ortho nitro benzene ring substituents is 1. The molecule has 1 aromatic rings. The van der Waals surface area contributed by atoms with Crippen LogP contribution in [0.15, 0.2) is 24.3 Å². The molecule has 1 aromatic carbocycles. The molecule has 2 amide bonds. The third-order valence-corrected chi connectivity index (χ3v) is 5.09. The van der Waals surface area contributed by atoms with E-state index in [0.717, 1.165) is 45.2 Å². The van der Waals surface area contributed by atoms with Gasteiger partial charge in [0.1, 0.15) is 0 Å². The van der Waals surface area contributed by atoms with Crippen LogP contribution in [0.4, 0.5) is 16.2 Å². The Labute approximate surface area is 146 Å². The van der Waals surface area contributed by atoms with Crippen LogP contribution in [-0.4, -0.2) is 52.2 Å². The molecule has 136 valence electrons. The van der Waals surface area contributed by atoms with Gasteiger partial charge in [-0.3, -0.25) is 15.0 Å². The molecule has 25 heavy (non-hydrogen) atoms. The number of piperidine rings is 1. The van der Waals surface area contributed by atoms with Crippen LogP contribution in [0.1, 0.15) is 32.1 Å². The maximum Gasteiger partial charge on any atom is 0.319 e. The number of rotatable bonds is 4. The van der Waals surface area contributed by atoms with Crippen molar-refractivity contribution in [2.45, 2.75) is 50.3 Å². The smallest absolute Gasteiger partial charge is 0.319 e. The summed E-state index contributed by atoms with van der Waals surface area (Å²) in [5.41, 5.74) is 0.347. The number of carbonyl (C=O) groups excluding carboxylic acids is 1. The fourth-order valence-corrected chi connectivity index (χ4v) is 3.77. The molecule has 1 aliphatic carbocycles. The minimum absolute atomic E-state index is 0.0544. The summed E-state index contributed by atoms with van der Waals surface area (Å²) in [4.78, 5) is 24.7. The normalized spacial score (nSPS) is 24.8. The molecule has 3 rings (SSSR count). The second kappa shape index (κ2) is 7.79. The van der Waals surface area contributed by atoms with Crippen LogP contribution in [0.5, 0.6) is 0 Å². The summed E-state index contributed by atoms with van der Waals surface area (Å²) in [6, 6.07) is 5.88. The van der Waals surface area contributed by atoms with Crippen LogP contribution in [0.25, 0.3) is 0 Å². The molecule has 0 radical (unpaired) electrons. The predicted molar refractivity (Wildman–Crippen MR) is 93.5 cm³/mol. The van der Waals surface area contributed by atoms with Gasteiger partial charge in [0.05, 0.1) is 11.0 Å². The van der Waals surface area contributed by atoms with Crippen molar-refractivity contribution in [1.29, 1.82) is 0 Å². The molecule has 8 nitrogen and oxygen atoms in total. The lowest BCUT2D eigenvalue weighted by Gasteiger charge is -2.37. The summed E-state index contributed by atoms with van der Waals surface area (Å²) in [6.07, 6.45) is 4.47. The lowest BCUT2D eigenvalue weighted by molar-refractivity contribution is -0.384. The second-order valence-corrected chi connectivity index (χ2v) is 6.78. The summed E-state index contributed by atoms with van der Waals surface area (Å²) in [6.45, 7) is 1.73. The van der Waals surface area contributed by atoms with Gasteiger partial charge >= 0.3 is 6.03 Å². The standard InChI is InChI=1S/C17H24N4O4/c22-16-6-2-5-15(16)20-9-7-12(8-10-20)18-17(23)19-13-3-1-4-14(11-13)21(24)25/h1,3-4,11-12,15-16,22H,2,5-10H2,(H2,18,19,23)/t15-,16-/m0/s1. The SMILES string of the molecule is O=C(Nc1cccc([N+](=O)[O-])c1)NC1CCN([C@H]2CCC[C@@H]2O)CC1. The molecule has 2 aliphatic rings. The molecule has 0 bridgehead atoms. The summed E-state index contributed by atoms with van der Waals surface area (Å²) < 4.78 is 0. The molecule has 0 spiro atoms. The molecule has 2 fully saturated rings. The molecule has 0 aromatic heterocycles. The largest absolute Gasteiger partial charge is 0.391 e. The fraction of sp³-hybridized carbons (Fsp3) is 0.588. The molecule has 0 unspecified atom stereocenters. The van der Waals surface area contributed by atoms with E-state index in [2.05, 4.69) is 15.5 Å². The molecule has 2 atom stereocenters. The van der Waals surface area contributed by atoms with E-state index in [-0.39, 0.29) is 29.9 Å². The minimum atomic E-state index is -0.490. The Morgan fingerprint density at radius 2 is 2.00 bits per heavy atom.